The van der Waals surface area contributed by atoms with E-state index in [-0.39, 0.29) is 5.91 Å². The van der Waals surface area contributed by atoms with Gasteiger partial charge in [0.2, 0.25) is 0 Å². The first-order chi connectivity index (χ1) is 10.1. The van der Waals surface area contributed by atoms with Crippen LogP contribution >= 0.6 is 0 Å². The van der Waals surface area contributed by atoms with Gasteiger partial charge >= 0.3 is 0 Å². The molecule has 0 bridgehead atoms. The summed E-state index contributed by atoms with van der Waals surface area (Å²) in [6.07, 6.45) is 6.32. The van der Waals surface area contributed by atoms with E-state index < -0.39 is 0 Å². The lowest BCUT2D eigenvalue weighted by atomic mass is 9.81. The van der Waals surface area contributed by atoms with E-state index >= 15 is 0 Å². The lowest BCUT2D eigenvalue weighted by molar-refractivity contribution is 0.0949. The Labute approximate surface area is 126 Å². The molecule has 2 rings (SSSR count). The first-order valence-corrected chi connectivity index (χ1v) is 7.82. The van der Waals surface area contributed by atoms with E-state index in [1.807, 2.05) is 6.92 Å². The first kappa shape index (κ1) is 15.8. The van der Waals surface area contributed by atoms with Crippen molar-refractivity contribution in [2.75, 3.05) is 12.0 Å². The summed E-state index contributed by atoms with van der Waals surface area (Å²) < 4.78 is 0. The third kappa shape index (κ3) is 4.70. The average molecular weight is 290 g/mol. The van der Waals surface area contributed by atoms with E-state index in [1.165, 1.54) is 25.7 Å². The van der Waals surface area contributed by atoms with Gasteiger partial charge in [-0.05, 0) is 37.3 Å². The smallest absolute Gasteiger partial charge is 0.251 e. The number of nitrogens with zero attached hydrogens (tertiary/aromatic N) is 1. The van der Waals surface area contributed by atoms with Crippen molar-refractivity contribution in [3.8, 4) is 0 Å². The second-order valence-electron chi connectivity index (χ2n) is 6.20. The van der Waals surface area contributed by atoms with Gasteiger partial charge in [-0.3, -0.25) is 4.79 Å². The number of rotatable bonds is 5. The summed E-state index contributed by atoms with van der Waals surface area (Å²) in [7, 11) is 0. The molecule has 0 atom stereocenters. The Hall–Kier alpha value is -1.62. The Bertz CT molecular complexity index is 481. The fourth-order valence-corrected chi connectivity index (χ4v) is 2.98. The van der Waals surface area contributed by atoms with Gasteiger partial charge in [-0.2, -0.15) is 0 Å². The minimum absolute atomic E-state index is 0.0545. The minimum atomic E-state index is -0.0545. The van der Waals surface area contributed by atoms with Crippen LogP contribution in [-0.4, -0.2) is 17.4 Å². The van der Waals surface area contributed by atoms with Crippen molar-refractivity contribution in [2.24, 2.45) is 17.7 Å². The van der Waals surface area contributed by atoms with Crippen LogP contribution in [-0.2, 0) is 0 Å². The molecule has 0 unspecified atom stereocenters. The number of nitrogen functional groups attached to an aromatic ring is 1. The van der Waals surface area contributed by atoms with E-state index in [2.05, 4.69) is 22.7 Å². The lowest BCUT2D eigenvalue weighted by Crippen LogP contribution is -2.27. The maximum absolute atomic E-state index is 12.2. The molecule has 1 fully saturated rings. The van der Waals surface area contributed by atoms with Gasteiger partial charge in [0.05, 0.1) is 0 Å². The zero-order valence-corrected chi connectivity index (χ0v) is 13.0. The molecule has 0 aliphatic heterocycles. The van der Waals surface area contributed by atoms with Crippen LogP contribution in [0.15, 0.2) is 12.1 Å². The molecule has 116 valence electrons. The molecule has 0 radical (unpaired) electrons. The summed E-state index contributed by atoms with van der Waals surface area (Å²) >= 11 is 0. The molecule has 1 amide bonds. The predicted molar refractivity (Wildman–Crippen MR) is 84.9 cm³/mol. The summed E-state index contributed by atoms with van der Waals surface area (Å²) in [6, 6.07) is 3.45. The van der Waals surface area contributed by atoms with Crippen molar-refractivity contribution >= 4 is 11.7 Å². The Kier molecular flexibility index (Phi) is 5.56. The summed E-state index contributed by atoms with van der Waals surface area (Å²) in [4.78, 5) is 16.3. The molecular formula is C16H26N4O. The number of carbonyl (C=O) groups is 1. The van der Waals surface area contributed by atoms with Crippen LogP contribution in [0, 0.1) is 18.8 Å². The molecule has 4 N–H and O–H groups in total. The topological polar surface area (TPSA) is 80.0 Å². The van der Waals surface area contributed by atoms with Crippen molar-refractivity contribution in [3.63, 3.8) is 0 Å². The van der Waals surface area contributed by atoms with E-state index in [0.29, 0.717) is 11.4 Å². The number of hydrazine groups is 1. The molecular weight excluding hydrogens is 264 g/mol. The highest BCUT2D eigenvalue weighted by atomic mass is 16.1. The van der Waals surface area contributed by atoms with Gasteiger partial charge in [-0.15, -0.1) is 0 Å². The van der Waals surface area contributed by atoms with E-state index in [0.717, 1.165) is 30.5 Å². The molecule has 5 nitrogen and oxygen atoms in total. The highest BCUT2D eigenvalue weighted by molar-refractivity contribution is 5.94. The van der Waals surface area contributed by atoms with Gasteiger partial charge in [0.1, 0.15) is 5.82 Å². The van der Waals surface area contributed by atoms with Gasteiger partial charge in [-0.1, -0.05) is 32.6 Å². The number of amides is 1. The number of aromatic nitrogens is 1. The van der Waals surface area contributed by atoms with Crippen LogP contribution < -0.4 is 16.6 Å². The third-order valence-corrected chi connectivity index (χ3v) is 4.34. The molecule has 1 aliphatic carbocycles. The van der Waals surface area contributed by atoms with Gasteiger partial charge in [0.15, 0.2) is 0 Å². The van der Waals surface area contributed by atoms with Crippen LogP contribution in [0.3, 0.4) is 0 Å². The minimum Gasteiger partial charge on any atom is -0.352 e. The molecule has 21 heavy (non-hydrogen) atoms. The normalized spacial score (nSPS) is 21.9. The Morgan fingerprint density at radius 1 is 1.33 bits per heavy atom. The number of hydrogen-bond donors (Lipinski definition) is 3. The van der Waals surface area contributed by atoms with Gasteiger partial charge in [-0.25, -0.2) is 10.8 Å². The molecule has 0 aromatic carbocycles. The quantitative estimate of drug-likeness (QED) is 0.575. The Morgan fingerprint density at radius 2 is 2.05 bits per heavy atom. The van der Waals surface area contributed by atoms with Crippen LogP contribution in [0.2, 0.25) is 0 Å². The van der Waals surface area contributed by atoms with Crippen LogP contribution in [0.1, 0.15) is 55.1 Å². The van der Waals surface area contributed by atoms with E-state index in [9.17, 15) is 4.79 Å². The highest BCUT2D eigenvalue weighted by Crippen LogP contribution is 2.29. The summed E-state index contributed by atoms with van der Waals surface area (Å²) in [5.74, 6) is 7.45. The fourth-order valence-electron chi connectivity index (χ4n) is 2.98. The zero-order chi connectivity index (χ0) is 15.2. The fraction of sp³-hybridized carbons (Fsp3) is 0.625. The van der Waals surface area contributed by atoms with Crippen molar-refractivity contribution in [3.05, 3.63) is 23.4 Å². The molecule has 1 aromatic rings. The Balaban J connectivity index is 1.80. The maximum Gasteiger partial charge on any atom is 0.251 e. The summed E-state index contributed by atoms with van der Waals surface area (Å²) in [5, 5.41) is 3.00. The van der Waals surface area contributed by atoms with Gasteiger partial charge in [0.25, 0.3) is 5.91 Å². The third-order valence-electron chi connectivity index (χ3n) is 4.34. The molecule has 1 saturated carbocycles. The number of pyridine rings is 1. The molecule has 0 spiro atoms. The number of nitrogens with two attached hydrogens (primary N) is 1. The van der Waals surface area contributed by atoms with Crippen LogP contribution in [0.5, 0.6) is 0 Å². The monoisotopic (exact) mass is 290 g/mol. The predicted octanol–water partition coefficient (Wildman–Crippen LogP) is 2.62. The van der Waals surface area contributed by atoms with Crippen molar-refractivity contribution < 1.29 is 4.79 Å². The zero-order valence-electron chi connectivity index (χ0n) is 13.0. The SMILES string of the molecule is Cc1cc(C(=O)NCCC2CCC(C)CC2)cc(NN)n1. The Morgan fingerprint density at radius 3 is 2.71 bits per heavy atom. The molecule has 1 aromatic heterocycles. The number of aryl methyl sites for hydroxylation is 1. The second-order valence-corrected chi connectivity index (χ2v) is 6.20. The summed E-state index contributed by atoms with van der Waals surface area (Å²) in [6.45, 7) is 4.91. The number of hydrogen-bond acceptors (Lipinski definition) is 4. The molecule has 1 heterocycles. The van der Waals surface area contributed by atoms with Gasteiger partial charge < -0.3 is 10.7 Å². The van der Waals surface area contributed by atoms with Crippen molar-refractivity contribution in [2.45, 2.75) is 46.0 Å². The van der Waals surface area contributed by atoms with Crippen LogP contribution in [0.25, 0.3) is 0 Å². The largest absolute Gasteiger partial charge is 0.352 e. The highest BCUT2D eigenvalue weighted by Gasteiger charge is 2.18. The van der Waals surface area contributed by atoms with Crippen molar-refractivity contribution in [1.82, 2.24) is 10.3 Å². The maximum atomic E-state index is 12.2. The number of nitrogens with one attached hydrogen (secondary N) is 2. The molecule has 5 heteroatoms. The number of carbonyl (C=O) groups excluding carboxylic acids is 1. The average Bonchev–Trinajstić information content (AvgIpc) is 2.48. The van der Waals surface area contributed by atoms with Gasteiger partial charge in [0, 0.05) is 17.8 Å². The van der Waals surface area contributed by atoms with E-state index in [1.54, 1.807) is 12.1 Å². The second kappa shape index (κ2) is 7.41. The lowest BCUT2D eigenvalue weighted by Gasteiger charge is -2.26. The summed E-state index contributed by atoms with van der Waals surface area (Å²) in [5.41, 5.74) is 3.86. The first-order valence-electron chi connectivity index (χ1n) is 7.82. The van der Waals surface area contributed by atoms with Crippen LogP contribution in [0.4, 0.5) is 5.82 Å². The standard InChI is InChI=1S/C16H26N4O/c1-11-3-5-13(6-4-11)7-8-18-16(21)14-9-12(2)19-15(10-14)20-17/h9-11,13H,3-8,17H2,1-2H3,(H,18,21)(H,19,20). The number of anilines is 1. The van der Waals surface area contributed by atoms with E-state index in [4.69, 9.17) is 5.84 Å². The molecule has 1 aliphatic rings. The molecule has 0 saturated heterocycles. The van der Waals surface area contributed by atoms with Crippen molar-refractivity contribution in [1.29, 1.82) is 0 Å².